The fourth-order valence-corrected chi connectivity index (χ4v) is 4.27. The van der Waals surface area contributed by atoms with Crippen LogP contribution in [0.1, 0.15) is 33.0 Å². The van der Waals surface area contributed by atoms with E-state index in [9.17, 15) is 4.79 Å². The quantitative estimate of drug-likeness (QED) is 0.171. The van der Waals surface area contributed by atoms with E-state index in [4.69, 9.17) is 17.0 Å². The average molecular weight is 490 g/mol. The number of rotatable bonds is 7. The third-order valence-corrected chi connectivity index (χ3v) is 6.25. The standard InChI is InChI=1S/C32H27NO2S/c1-23-13-16-26(17-14-23)31(34)30(32(36)33-27-11-7-4-8-12-27)29(22-15-24-9-5-3-6-10-24)25-18-20-28(35-2)21-19-25/h3-14,16-21,29-30H,1-2H3,(H,33,36). The Balaban J connectivity index is 1.81. The molecule has 0 heterocycles. The topological polar surface area (TPSA) is 38.3 Å². The van der Waals surface area contributed by atoms with Crippen molar-refractivity contribution in [3.05, 3.63) is 131 Å². The van der Waals surface area contributed by atoms with Crippen molar-refractivity contribution in [2.45, 2.75) is 12.8 Å². The summed E-state index contributed by atoms with van der Waals surface area (Å²) >= 11 is 5.89. The summed E-state index contributed by atoms with van der Waals surface area (Å²) in [6, 6.07) is 34.7. The van der Waals surface area contributed by atoms with Gasteiger partial charge >= 0.3 is 0 Å². The predicted octanol–water partition coefficient (Wildman–Crippen LogP) is 7.08. The van der Waals surface area contributed by atoms with Gasteiger partial charge in [0.15, 0.2) is 5.78 Å². The molecule has 0 aliphatic rings. The van der Waals surface area contributed by atoms with Crippen LogP contribution in [0.5, 0.6) is 5.75 Å². The molecule has 0 spiro atoms. The number of hydrogen-bond donors (Lipinski definition) is 1. The van der Waals surface area contributed by atoms with E-state index in [0.29, 0.717) is 10.6 Å². The second-order valence-corrected chi connectivity index (χ2v) is 8.89. The number of carbonyl (C=O) groups excluding carboxylic acids is 1. The maximum absolute atomic E-state index is 14.0. The first-order valence-electron chi connectivity index (χ1n) is 11.7. The third kappa shape index (κ3) is 6.27. The number of nitrogens with one attached hydrogen (secondary N) is 1. The van der Waals surface area contributed by atoms with Crippen molar-refractivity contribution in [3.63, 3.8) is 0 Å². The molecule has 0 radical (unpaired) electrons. The van der Waals surface area contributed by atoms with Gasteiger partial charge in [0, 0.05) is 16.8 Å². The van der Waals surface area contributed by atoms with E-state index in [1.54, 1.807) is 7.11 Å². The van der Waals surface area contributed by atoms with E-state index in [1.807, 2.05) is 116 Å². The number of anilines is 1. The second kappa shape index (κ2) is 12.0. The van der Waals surface area contributed by atoms with Gasteiger partial charge in [-0.25, -0.2) is 0 Å². The summed E-state index contributed by atoms with van der Waals surface area (Å²) in [6.07, 6.45) is 0. The molecular weight excluding hydrogens is 462 g/mol. The summed E-state index contributed by atoms with van der Waals surface area (Å²) < 4.78 is 5.35. The largest absolute Gasteiger partial charge is 0.497 e. The van der Waals surface area contributed by atoms with Gasteiger partial charge in [0.2, 0.25) is 0 Å². The van der Waals surface area contributed by atoms with Crippen LogP contribution in [0.2, 0.25) is 0 Å². The Morgan fingerprint density at radius 2 is 1.44 bits per heavy atom. The molecule has 0 amide bonds. The monoisotopic (exact) mass is 489 g/mol. The van der Waals surface area contributed by atoms with Crippen LogP contribution in [-0.2, 0) is 0 Å². The van der Waals surface area contributed by atoms with E-state index < -0.39 is 11.8 Å². The van der Waals surface area contributed by atoms with E-state index >= 15 is 0 Å². The summed E-state index contributed by atoms with van der Waals surface area (Å²) in [6.45, 7) is 2.00. The van der Waals surface area contributed by atoms with Crippen LogP contribution in [-0.4, -0.2) is 17.9 Å². The number of hydrogen-bond acceptors (Lipinski definition) is 3. The molecule has 1 N–H and O–H groups in total. The van der Waals surface area contributed by atoms with Crippen LogP contribution in [0.4, 0.5) is 5.69 Å². The van der Waals surface area contributed by atoms with Crippen molar-refractivity contribution in [1.82, 2.24) is 0 Å². The lowest BCUT2D eigenvalue weighted by Crippen LogP contribution is -2.33. The van der Waals surface area contributed by atoms with Gasteiger partial charge in [0.1, 0.15) is 5.75 Å². The Morgan fingerprint density at radius 1 is 0.833 bits per heavy atom. The van der Waals surface area contributed by atoms with E-state index in [2.05, 4.69) is 17.2 Å². The van der Waals surface area contributed by atoms with Crippen molar-refractivity contribution in [2.24, 2.45) is 5.92 Å². The molecule has 0 fully saturated rings. The summed E-state index contributed by atoms with van der Waals surface area (Å²) in [5, 5.41) is 3.29. The Labute approximate surface area is 218 Å². The first kappa shape index (κ1) is 24.9. The van der Waals surface area contributed by atoms with Crippen molar-refractivity contribution in [3.8, 4) is 17.6 Å². The molecule has 0 aliphatic heterocycles. The molecule has 4 rings (SSSR count). The molecule has 4 heteroatoms. The van der Waals surface area contributed by atoms with Crippen LogP contribution in [0, 0.1) is 24.7 Å². The Bertz CT molecular complexity index is 1370. The normalized spacial score (nSPS) is 11.9. The molecule has 178 valence electrons. The minimum Gasteiger partial charge on any atom is -0.497 e. The number of aryl methyl sites for hydroxylation is 1. The number of methoxy groups -OCH3 is 1. The second-order valence-electron chi connectivity index (χ2n) is 8.45. The average Bonchev–Trinajstić information content (AvgIpc) is 2.92. The van der Waals surface area contributed by atoms with E-state index in [-0.39, 0.29) is 5.78 Å². The zero-order valence-electron chi connectivity index (χ0n) is 20.3. The van der Waals surface area contributed by atoms with Gasteiger partial charge in [-0.1, -0.05) is 102 Å². The van der Waals surface area contributed by atoms with Crippen molar-refractivity contribution in [1.29, 1.82) is 0 Å². The van der Waals surface area contributed by atoms with Crippen molar-refractivity contribution >= 4 is 28.7 Å². The zero-order chi connectivity index (χ0) is 25.3. The van der Waals surface area contributed by atoms with Gasteiger partial charge in [-0.3, -0.25) is 4.79 Å². The highest BCUT2D eigenvalue weighted by molar-refractivity contribution is 7.80. The summed E-state index contributed by atoms with van der Waals surface area (Å²) in [4.78, 5) is 14.4. The molecule has 0 bridgehead atoms. The SMILES string of the molecule is COc1ccc(C(C#Cc2ccccc2)C(C(=O)c2ccc(C)cc2)C(=S)Nc2ccccc2)cc1. The molecule has 4 aromatic rings. The van der Waals surface area contributed by atoms with Gasteiger partial charge in [0.05, 0.1) is 23.9 Å². The predicted molar refractivity (Wildman–Crippen MR) is 151 cm³/mol. The number of ether oxygens (including phenoxy) is 1. The zero-order valence-corrected chi connectivity index (χ0v) is 21.1. The molecule has 2 atom stereocenters. The maximum atomic E-state index is 14.0. The molecular formula is C32H27NO2S. The minimum absolute atomic E-state index is 0.0772. The van der Waals surface area contributed by atoms with E-state index in [1.165, 1.54) is 0 Å². The Morgan fingerprint density at radius 3 is 2.06 bits per heavy atom. The fraction of sp³-hybridized carbons (Fsp3) is 0.125. The third-order valence-electron chi connectivity index (χ3n) is 5.90. The number of carbonyl (C=O) groups is 1. The number of benzene rings is 4. The van der Waals surface area contributed by atoms with Crippen LogP contribution in [0.3, 0.4) is 0 Å². The van der Waals surface area contributed by atoms with Crippen LogP contribution in [0.15, 0.2) is 109 Å². The fourth-order valence-electron chi connectivity index (χ4n) is 3.91. The highest BCUT2D eigenvalue weighted by Gasteiger charge is 2.33. The number of thiocarbonyl (C=S) groups is 1. The Kier molecular flexibility index (Phi) is 8.28. The highest BCUT2D eigenvalue weighted by atomic mass is 32.1. The maximum Gasteiger partial charge on any atom is 0.174 e. The molecule has 0 aliphatic carbocycles. The lowest BCUT2D eigenvalue weighted by Gasteiger charge is -2.25. The molecule has 2 unspecified atom stereocenters. The van der Waals surface area contributed by atoms with Gasteiger partial charge < -0.3 is 10.1 Å². The van der Waals surface area contributed by atoms with Crippen LogP contribution in [0.25, 0.3) is 0 Å². The molecule has 0 aromatic heterocycles. The summed E-state index contributed by atoms with van der Waals surface area (Å²) in [5.41, 5.74) is 4.28. The van der Waals surface area contributed by atoms with Gasteiger partial charge in [-0.05, 0) is 48.9 Å². The lowest BCUT2D eigenvalue weighted by atomic mass is 9.81. The molecule has 0 saturated heterocycles. The number of Topliss-reactive ketones (excluding diaryl/α,β-unsaturated/α-hetero) is 1. The van der Waals surface area contributed by atoms with E-state index in [0.717, 1.165) is 28.1 Å². The summed E-state index contributed by atoms with van der Waals surface area (Å²) in [5.74, 6) is 6.12. The summed E-state index contributed by atoms with van der Waals surface area (Å²) in [7, 11) is 1.63. The first-order chi connectivity index (χ1) is 17.5. The molecule has 4 aromatic carbocycles. The highest BCUT2D eigenvalue weighted by Crippen LogP contribution is 2.31. The molecule has 0 saturated carbocycles. The van der Waals surface area contributed by atoms with Crippen molar-refractivity contribution < 1.29 is 9.53 Å². The van der Waals surface area contributed by atoms with Crippen LogP contribution >= 0.6 is 12.2 Å². The van der Waals surface area contributed by atoms with Crippen LogP contribution < -0.4 is 10.1 Å². The smallest absolute Gasteiger partial charge is 0.174 e. The first-order valence-corrected chi connectivity index (χ1v) is 12.1. The number of ketones is 1. The van der Waals surface area contributed by atoms with Gasteiger partial charge in [0.25, 0.3) is 0 Å². The molecule has 36 heavy (non-hydrogen) atoms. The molecule has 3 nitrogen and oxygen atoms in total. The van der Waals surface area contributed by atoms with Crippen molar-refractivity contribution in [2.75, 3.05) is 12.4 Å². The van der Waals surface area contributed by atoms with Gasteiger partial charge in [-0.2, -0.15) is 0 Å². The Hall–Kier alpha value is -4.20. The van der Waals surface area contributed by atoms with Gasteiger partial charge in [-0.15, -0.1) is 0 Å². The lowest BCUT2D eigenvalue weighted by molar-refractivity contribution is 0.0949. The minimum atomic E-state index is -0.701. The number of para-hydroxylation sites is 1.